The molecule has 0 aliphatic carbocycles. The van der Waals surface area contributed by atoms with Crippen LogP contribution in [-0.2, 0) is 6.54 Å². The summed E-state index contributed by atoms with van der Waals surface area (Å²) >= 11 is 4.53. The van der Waals surface area contributed by atoms with Crippen molar-refractivity contribution in [1.29, 1.82) is 0 Å². The van der Waals surface area contributed by atoms with E-state index in [1.807, 2.05) is 6.26 Å². The van der Waals surface area contributed by atoms with Crippen molar-refractivity contribution in [2.24, 2.45) is 0 Å². The van der Waals surface area contributed by atoms with Crippen molar-refractivity contribution in [2.45, 2.75) is 10.9 Å². The standard InChI is InChI=1S/C6H7N5S3/c1-12-6-11-10-4(13-6)2-7-5-8-3-9-14-5/h3H,2H2,1H3,(H,7,8,9). The van der Waals surface area contributed by atoms with Crippen molar-refractivity contribution in [3.8, 4) is 0 Å². The molecule has 2 aromatic heterocycles. The molecule has 14 heavy (non-hydrogen) atoms. The summed E-state index contributed by atoms with van der Waals surface area (Å²) in [6, 6.07) is 0. The predicted molar refractivity (Wildman–Crippen MR) is 58.9 cm³/mol. The highest BCUT2D eigenvalue weighted by molar-refractivity contribution is 8.00. The summed E-state index contributed by atoms with van der Waals surface area (Å²) < 4.78 is 4.87. The van der Waals surface area contributed by atoms with Gasteiger partial charge < -0.3 is 5.32 Å². The number of hydrogen-bond donors (Lipinski definition) is 1. The Morgan fingerprint density at radius 2 is 2.43 bits per heavy atom. The summed E-state index contributed by atoms with van der Waals surface area (Å²) in [4.78, 5) is 4.01. The molecule has 5 nitrogen and oxygen atoms in total. The van der Waals surface area contributed by atoms with Gasteiger partial charge >= 0.3 is 0 Å². The van der Waals surface area contributed by atoms with E-state index < -0.39 is 0 Å². The van der Waals surface area contributed by atoms with E-state index in [4.69, 9.17) is 0 Å². The SMILES string of the molecule is CSc1nnc(CNc2ncns2)s1. The van der Waals surface area contributed by atoms with Crippen molar-refractivity contribution in [3.63, 3.8) is 0 Å². The summed E-state index contributed by atoms with van der Waals surface area (Å²) in [6.07, 6.45) is 3.52. The van der Waals surface area contributed by atoms with Crippen molar-refractivity contribution < 1.29 is 0 Å². The summed E-state index contributed by atoms with van der Waals surface area (Å²) in [5, 5.41) is 12.9. The number of aromatic nitrogens is 4. The third-order valence-electron chi connectivity index (χ3n) is 1.38. The first-order valence-corrected chi connectivity index (χ1v) is 6.57. The minimum absolute atomic E-state index is 0.660. The molecular formula is C6H7N5S3. The van der Waals surface area contributed by atoms with Gasteiger partial charge in [0.2, 0.25) is 5.13 Å². The smallest absolute Gasteiger partial charge is 0.202 e. The fourth-order valence-electron chi connectivity index (χ4n) is 0.794. The van der Waals surface area contributed by atoms with Gasteiger partial charge in [-0.25, -0.2) is 4.98 Å². The van der Waals surface area contributed by atoms with Crippen LogP contribution >= 0.6 is 34.6 Å². The van der Waals surface area contributed by atoms with Crippen LogP contribution in [0.4, 0.5) is 5.13 Å². The molecule has 0 atom stereocenters. The molecule has 0 saturated heterocycles. The molecule has 0 radical (unpaired) electrons. The van der Waals surface area contributed by atoms with Crippen LogP contribution in [0, 0.1) is 0 Å². The second-order valence-electron chi connectivity index (χ2n) is 2.27. The monoisotopic (exact) mass is 245 g/mol. The van der Waals surface area contributed by atoms with E-state index in [0.717, 1.165) is 14.5 Å². The van der Waals surface area contributed by atoms with E-state index in [1.165, 1.54) is 17.9 Å². The first-order chi connectivity index (χ1) is 6.88. The molecule has 2 rings (SSSR count). The van der Waals surface area contributed by atoms with Gasteiger partial charge in [0, 0.05) is 11.5 Å². The zero-order valence-electron chi connectivity index (χ0n) is 7.30. The average molecular weight is 245 g/mol. The molecule has 0 spiro atoms. The third kappa shape index (κ3) is 2.40. The van der Waals surface area contributed by atoms with Crippen LogP contribution in [0.2, 0.25) is 0 Å². The number of anilines is 1. The number of hydrogen-bond acceptors (Lipinski definition) is 8. The Morgan fingerprint density at radius 3 is 3.07 bits per heavy atom. The Kier molecular flexibility index (Phi) is 3.27. The highest BCUT2D eigenvalue weighted by Gasteiger charge is 2.03. The normalized spacial score (nSPS) is 10.4. The maximum atomic E-state index is 4.03. The van der Waals surface area contributed by atoms with Gasteiger partial charge in [-0.2, -0.15) is 4.37 Å². The summed E-state index contributed by atoms with van der Waals surface area (Å²) in [6.45, 7) is 0.660. The van der Waals surface area contributed by atoms with Crippen LogP contribution in [-0.4, -0.2) is 25.8 Å². The molecule has 0 amide bonds. The lowest BCUT2D eigenvalue weighted by Gasteiger charge is -1.95. The van der Waals surface area contributed by atoms with E-state index in [2.05, 4.69) is 24.9 Å². The molecule has 8 heteroatoms. The van der Waals surface area contributed by atoms with Gasteiger partial charge in [-0.3, -0.25) is 0 Å². The van der Waals surface area contributed by atoms with Gasteiger partial charge in [-0.15, -0.1) is 10.2 Å². The zero-order valence-corrected chi connectivity index (χ0v) is 9.75. The van der Waals surface area contributed by atoms with Crippen molar-refractivity contribution >= 4 is 39.8 Å². The van der Waals surface area contributed by atoms with E-state index >= 15 is 0 Å². The third-order valence-corrected chi connectivity index (χ3v) is 3.90. The minimum Gasteiger partial charge on any atom is -0.354 e. The lowest BCUT2D eigenvalue weighted by molar-refractivity contribution is 0.947. The Hall–Kier alpha value is -0.730. The molecule has 0 unspecified atom stereocenters. The van der Waals surface area contributed by atoms with E-state index in [1.54, 1.807) is 23.1 Å². The average Bonchev–Trinajstić information content (AvgIpc) is 2.86. The fourth-order valence-corrected chi connectivity index (χ4v) is 2.47. The Morgan fingerprint density at radius 1 is 1.50 bits per heavy atom. The lowest BCUT2D eigenvalue weighted by atomic mass is 10.7. The Labute approximate surface area is 93.2 Å². The largest absolute Gasteiger partial charge is 0.354 e. The first kappa shape index (κ1) is 9.81. The highest BCUT2D eigenvalue weighted by atomic mass is 32.2. The molecule has 74 valence electrons. The minimum atomic E-state index is 0.660. The van der Waals surface area contributed by atoms with Crippen molar-refractivity contribution in [1.82, 2.24) is 19.6 Å². The molecule has 2 heterocycles. The van der Waals surface area contributed by atoms with Gasteiger partial charge in [0.05, 0.1) is 6.54 Å². The maximum absolute atomic E-state index is 4.03. The molecule has 0 aliphatic heterocycles. The van der Waals surface area contributed by atoms with Crippen LogP contribution in [0.25, 0.3) is 0 Å². The zero-order chi connectivity index (χ0) is 9.80. The van der Waals surface area contributed by atoms with Gasteiger partial charge in [0.1, 0.15) is 11.3 Å². The predicted octanol–water partition coefficient (Wildman–Crippen LogP) is 1.72. The van der Waals surface area contributed by atoms with E-state index in [-0.39, 0.29) is 0 Å². The van der Waals surface area contributed by atoms with Crippen LogP contribution in [0.15, 0.2) is 10.7 Å². The quantitative estimate of drug-likeness (QED) is 0.828. The lowest BCUT2D eigenvalue weighted by Crippen LogP contribution is -1.97. The molecule has 0 aromatic carbocycles. The number of nitrogens with one attached hydrogen (secondary N) is 1. The fraction of sp³-hybridized carbons (Fsp3) is 0.333. The van der Waals surface area contributed by atoms with Gasteiger partial charge in [-0.1, -0.05) is 23.1 Å². The van der Waals surface area contributed by atoms with E-state index in [9.17, 15) is 0 Å². The summed E-state index contributed by atoms with van der Waals surface area (Å²) in [7, 11) is 0. The van der Waals surface area contributed by atoms with E-state index in [0.29, 0.717) is 6.54 Å². The van der Waals surface area contributed by atoms with Crippen LogP contribution < -0.4 is 5.32 Å². The van der Waals surface area contributed by atoms with Gasteiger partial charge in [0.25, 0.3) is 0 Å². The van der Waals surface area contributed by atoms with Gasteiger partial charge in [-0.05, 0) is 6.26 Å². The number of nitrogens with zero attached hydrogens (tertiary/aromatic N) is 4. The second kappa shape index (κ2) is 4.67. The molecule has 0 fully saturated rings. The van der Waals surface area contributed by atoms with Crippen LogP contribution in [0.5, 0.6) is 0 Å². The molecule has 0 saturated carbocycles. The summed E-state index contributed by atoms with van der Waals surface area (Å²) in [5.41, 5.74) is 0. The Bertz CT molecular complexity index is 384. The summed E-state index contributed by atoms with van der Waals surface area (Å²) in [5.74, 6) is 0. The first-order valence-electron chi connectivity index (χ1n) is 3.75. The maximum Gasteiger partial charge on any atom is 0.202 e. The molecule has 2 aromatic rings. The van der Waals surface area contributed by atoms with Crippen LogP contribution in [0.1, 0.15) is 5.01 Å². The Balaban J connectivity index is 1.92. The molecule has 0 bridgehead atoms. The van der Waals surface area contributed by atoms with Crippen LogP contribution in [0.3, 0.4) is 0 Å². The second-order valence-corrected chi connectivity index (χ2v) is 5.16. The number of thioether (sulfide) groups is 1. The van der Waals surface area contributed by atoms with Gasteiger partial charge in [0.15, 0.2) is 4.34 Å². The highest BCUT2D eigenvalue weighted by Crippen LogP contribution is 2.20. The molecule has 0 aliphatic rings. The molecular weight excluding hydrogens is 238 g/mol. The topological polar surface area (TPSA) is 63.6 Å². The van der Waals surface area contributed by atoms with Crippen molar-refractivity contribution in [3.05, 3.63) is 11.3 Å². The van der Waals surface area contributed by atoms with Crippen molar-refractivity contribution in [2.75, 3.05) is 11.6 Å². The number of rotatable bonds is 4. The molecule has 1 N–H and O–H groups in total.